The molecular weight excluding hydrogens is 358 g/mol. The number of amides is 1. The molecule has 1 N–H and O–H groups in total. The van der Waals surface area contributed by atoms with E-state index in [0.29, 0.717) is 46.5 Å². The Labute approximate surface area is 151 Å². The minimum absolute atomic E-state index is 0.280. The minimum atomic E-state index is -0.484. The molecule has 8 nitrogen and oxygen atoms in total. The average Bonchev–Trinajstić information content (AvgIpc) is 3.12. The fourth-order valence-electron chi connectivity index (χ4n) is 2.72. The largest absolute Gasteiger partial charge is 0.493 e. The lowest BCUT2D eigenvalue weighted by atomic mass is 10.1. The Kier molecular flexibility index (Phi) is 4.00. The number of benzene rings is 1. The van der Waals surface area contributed by atoms with E-state index in [2.05, 4.69) is 10.4 Å². The second-order valence-electron chi connectivity index (χ2n) is 5.58. The number of aromatic nitrogens is 2. The summed E-state index contributed by atoms with van der Waals surface area (Å²) in [5, 5.41) is 2.25. The summed E-state index contributed by atoms with van der Waals surface area (Å²) in [6.07, 6.45) is 0. The van der Waals surface area contributed by atoms with E-state index in [1.54, 1.807) is 30.5 Å². The highest BCUT2D eigenvalue weighted by atomic mass is 32.1. The summed E-state index contributed by atoms with van der Waals surface area (Å²) in [4.78, 5) is 30.3. The van der Waals surface area contributed by atoms with E-state index in [-0.39, 0.29) is 11.1 Å². The first kappa shape index (κ1) is 16.4. The quantitative estimate of drug-likeness (QED) is 0.754. The second kappa shape index (κ2) is 6.34. The van der Waals surface area contributed by atoms with Crippen molar-refractivity contribution in [3.8, 4) is 17.2 Å². The predicted molar refractivity (Wildman–Crippen MR) is 96.3 cm³/mol. The first-order valence-electron chi connectivity index (χ1n) is 7.84. The number of hydrogen-bond acceptors (Lipinski definition) is 7. The maximum Gasteiger partial charge on any atom is 0.281 e. The van der Waals surface area contributed by atoms with Crippen LogP contribution in [0.3, 0.4) is 0 Å². The summed E-state index contributed by atoms with van der Waals surface area (Å²) in [7, 11) is 1.48. The van der Waals surface area contributed by atoms with Crippen molar-refractivity contribution in [1.29, 1.82) is 0 Å². The number of hydrogen-bond donors (Lipinski definition) is 1. The number of nitrogens with zero attached hydrogens (tertiary/aromatic N) is 2. The van der Waals surface area contributed by atoms with Gasteiger partial charge in [-0.05, 0) is 30.5 Å². The molecule has 9 heteroatoms. The number of nitrogens with one attached hydrogen (secondary N) is 1. The van der Waals surface area contributed by atoms with Crippen molar-refractivity contribution in [2.75, 3.05) is 25.7 Å². The summed E-state index contributed by atoms with van der Waals surface area (Å²) in [5.74, 6) is 1.19. The molecule has 0 saturated carbocycles. The molecule has 0 spiro atoms. The Balaban J connectivity index is 1.72. The van der Waals surface area contributed by atoms with Gasteiger partial charge in [0.15, 0.2) is 11.5 Å². The summed E-state index contributed by atoms with van der Waals surface area (Å²) >= 11 is 1.38. The van der Waals surface area contributed by atoms with Gasteiger partial charge in [-0.2, -0.15) is 0 Å². The van der Waals surface area contributed by atoms with Crippen LogP contribution in [0.2, 0.25) is 0 Å². The molecule has 4 rings (SSSR count). The third kappa shape index (κ3) is 2.66. The summed E-state index contributed by atoms with van der Waals surface area (Å²) in [5.41, 5.74) is 2.54. The highest BCUT2D eigenvalue weighted by molar-refractivity contribution is 7.16. The molecule has 0 radical (unpaired) electrons. The van der Waals surface area contributed by atoms with Gasteiger partial charge in [-0.3, -0.25) is 15.0 Å². The Morgan fingerprint density at radius 2 is 2.15 bits per heavy atom. The number of methoxy groups -OCH3 is 1. The van der Waals surface area contributed by atoms with Crippen LogP contribution in [0.1, 0.15) is 16.2 Å². The van der Waals surface area contributed by atoms with Gasteiger partial charge in [-0.25, -0.2) is 9.66 Å². The topological polar surface area (TPSA) is 91.7 Å². The van der Waals surface area contributed by atoms with Crippen LogP contribution in [-0.2, 0) is 0 Å². The Morgan fingerprint density at radius 1 is 1.35 bits per heavy atom. The molecular formula is C17H15N3O5S. The number of carbonyl (C=O) groups excluding carboxylic acids is 1. The molecule has 1 aromatic carbocycles. The molecule has 0 saturated heterocycles. The molecule has 1 aliphatic rings. The summed E-state index contributed by atoms with van der Waals surface area (Å²) in [6, 6.07) is 4.79. The van der Waals surface area contributed by atoms with Gasteiger partial charge in [-0.1, -0.05) is 0 Å². The highest BCUT2D eigenvalue weighted by Gasteiger charge is 2.21. The third-order valence-electron chi connectivity index (χ3n) is 3.97. The van der Waals surface area contributed by atoms with Crippen LogP contribution in [0.4, 0.5) is 0 Å². The van der Waals surface area contributed by atoms with E-state index in [1.165, 1.54) is 18.4 Å². The zero-order valence-electron chi connectivity index (χ0n) is 14.1. The SMILES string of the molecule is COc1cc(C(=O)Nn2c(C)nc3sccc3c2=O)cc2c1OCCO2. The van der Waals surface area contributed by atoms with Gasteiger partial charge in [-0.15, -0.1) is 11.3 Å². The number of fused-ring (bicyclic) bond motifs is 2. The molecule has 0 aliphatic carbocycles. The van der Waals surface area contributed by atoms with Crippen LogP contribution < -0.4 is 25.2 Å². The lowest BCUT2D eigenvalue weighted by Gasteiger charge is -2.21. The molecule has 0 unspecified atom stereocenters. The average molecular weight is 373 g/mol. The lowest BCUT2D eigenvalue weighted by Crippen LogP contribution is -2.35. The number of aryl methyl sites for hydroxylation is 1. The van der Waals surface area contributed by atoms with E-state index in [1.807, 2.05) is 0 Å². The zero-order valence-corrected chi connectivity index (χ0v) is 14.9. The second-order valence-corrected chi connectivity index (χ2v) is 6.48. The molecule has 2 aromatic heterocycles. The normalized spacial score (nSPS) is 12.8. The Bertz CT molecular complexity index is 1050. The standard InChI is InChI=1S/C17H15N3O5S/c1-9-18-16-11(3-6-26-16)17(22)20(9)19-15(21)10-7-12(23-2)14-13(8-10)24-4-5-25-14/h3,6-8H,4-5H2,1-2H3,(H,19,21). The maximum atomic E-state index is 12.7. The van der Waals surface area contributed by atoms with E-state index in [4.69, 9.17) is 14.2 Å². The number of ether oxygens (including phenoxy) is 3. The van der Waals surface area contributed by atoms with Crippen LogP contribution in [0.15, 0.2) is 28.4 Å². The van der Waals surface area contributed by atoms with Crippen molar-refractivity contribution in [3.63, 3.8) is 0 Å². The van der Waals surface area contributed by atoms with Gasteiger partial charge in [0, 0.05) is 5.56 Å². The highest BCUT2D eigenvalue weighted by Crippen LogP contribution is 2.40. The summed E-state index contributed by atoms with van der Waals surface area (Å²) < 4.78 is 17.5. The van der Waals surface area contributed by atoms with E-state index >= 15 is 0 Å². The third-order valence-corrected chi connectivity index (χ3v) is 4.78. The van der Waals surface area contributed by atoms with E-state index in [0.717, 1.165) is 4.68 Å². The number of carbonyl (C=O) groups is 1. The lowest BCUT2D eigenvalue weighted by molar-refractivity contribution is 0.100. The van der Waals surface area contributed by atoms with Crippen LogP contribution in [0, 0.1) is 6.92 Å². The van der Waals surface area contributed by atoms with Gasteiger partial charge in [0.05, 0.1) is 12.5 Å². The molecule has 1 aliphatic heterocycles. The molecule has 0 fully saturated rings. The molecule has 0 atom stereocenters. The van der Waals surface area contributed by atoms with Crippen LogP contribution in [0.25, 0.3) is 10.2 Å². The molecule has 3 heterocycles. The fourth-order valence-corrected chi connectivity index (χ4v) is 3.52. The van der Waals surface area contributed by atoms with Crippen molar-refractivity contribution < 1.29 is 19.0 Å². The van der Waals surface area contributed by atoms with E-state index in [9.17, 15) is 9.59 Å². The van der Waals surface area contributed by atoms with Crippen molar-refractivity contribution in [2.45, 2.75) is 6.92 Å². The van der Waals surface area contributed by atoms with Gasteiger partial charge < -0.3 is 14.2 Å². The summed E-state index contributed by atoms with van der Waals surface area (Å²) in [6.45, 7) is 2.46. The van der Waals surface area contributed by atoms with Crippen molar-refractivity contribution in [3.05, 3.63) is 45.3 Å². The van der Waals surface area contributed by atoms with Crippen molar-refractivity contribution in [2.24, 2.45) is 0 Å². The fraction of sp³-hybridized carbons (Fsp3) is 0.235. The van der Waals surface area contributed by atoms with Crippen molar-refractivity contribution in [1.82, 2.24) is 9.66 Å². The molecule has 134 valence electrons. The Morgan fingerprint density at radius 3 is 2.96 bits per heavy atom. The van der Waals surface area contributed by atoms with Crippen LogP contribution in [-0.4, -0.2) is 35.9 Å². The van der Waals surface area contributed by atoms with Gasteiger partial charge in [0.1, 0.15) is 23.9 Å². The monoisotopic (exact) mass is 373 g/mol. The smallest absolute Gasteiger partial charge is 0.281 e. The molecule has 0 bridgehead atoms. The zero-order chi connectivity index (χ0) is 18.3. The molecule has 26 heavy (non-hydrogen) atoms. The van der Waals surface area contributed by atoms with Gasteiger partial charge in [0.25, 0.3) is 11.5 Å². The first-order chi connectivity index (χ1) is 12.6. The molecule has 3 aromatic rings. The van der Waals surface area contributed by atoms with E-state index < -0.39 is 5.91 Å². The van der Waals surface area contributed by atoms with Crippen LogP contribution in [0.5, 0.6) is 17.2 Å². The first-order valence-corrected chi connectivity index (χ1v) is 8.72. The predicted octanol–water partition coefficient (Wildman–Crippen LogP) is 1.93. The van der Waals surface area contributed by atoms with Gasteiger partial charge in [0.2, 0.25) is 5.75 Å². The minimum Gasteiger partial charge on any atom is -0.493 e. The maximum absolute atomic E-state index is 12.7. The Hall–Kier alpha value is -3.07. The van der Waals surface area contributed by atoms with Crippen molar-refractivity contribution >= 4 is 27.5 Å². The molecule has 1 amide bonds. The number of rotatable bonds is 3. The number of thiophene rings is 1. The van der Waals surface area contributed by atoms with Crippen LogP contribution >= 0.6 is 11.3 Å². The van der Waals surface area contributed by atoms with Gasteiger partial charge >= 0.3 is 0 Å².